The second-order valence-electron chi connectivity index (χ2n) is 4.08. The van der Waals surface area contributed by atoms with Crippen molar-refractivity contribution in [1.82, 2.24) is 0 Å². The molecule has 84 valence electrons. The lowest BCUT2D eigenvalue weighted by Crippen LogP contribution is -1.80. The maximum atomic E-state index is 3.54. The molecule has 1 aliphatic rings. The van der Waals surface area contributed by atoms with Crippen LogP contribution in [0.25, 0.3) is 16.7 Å². The molecule has 0 nitrogen and oxygen atoms in total. The molecule has 2 aromatic rings. The van der Waals surface area contributed by atoms with Crippen LogP contribution in [0.5, 0.6) is 0 Å². The summed E-state index contributed by atoms with van der Waals surface area (Å²) in [7, 11) is 0. The minimum absolute atomic E-state index is 1.13. The molecule has 1 aliphatic carbocycles. The van der Waals surface area contributed by atoms with Crippen molar-refractivity contribution in [2.45, 2.75) is 6.92 Å². The fraction of sp³-hybridized carbons (Fsp3) is 0.0667. The molecular weight excluding hydrogens is 340 g/mol. The van der Waals surface area contributed by atoms with Crippen LogP contribution in [0.1, 0.15) is 18.1 Å². The van der Waals surface area contributed by atoms with Crippen molar-refractivity contribution in [1.29, 1.82) is 0 Å². The van der Waals surface area contributed by atoms with Crippen LogP contribution in [-0.4, -0.2) is 0 Å². The van der Waals surface area contributed by atoms with E-state index in [-0.39, 0.29) is 0 Å². The first-order valence-corrected chi connectivity index (χ1v) is 7.06. The minimum atomic E-state index is 1.13. The Bertz CT molecular complexity index is 586. The predicted molar refractivity (Wildman–Crippen MR) is 80.0 cm³/mol. The molecule has 0 amide bonds. The van der Waals surface area contributed by atoms with Crippen molar-refractivity contribution in [3.05, 3.63) is 62.5 Å². The Balaban J connectivity index is 2.37. The lowest BCUT2D eigenvalue weighted by atomic mass is 10.0. The molecule has 2 heteroatoms. The summed E-state index contributed by atoms with van der Waals surface area (Å²) < 4.78 is 2.25. The van der Waals surface area contributed by atoms with Gasteiger partial charge < -0.3 is 0 Å². The summed E-state index contributed by atoms with van der Waals surface area (Å²) in [6, 6.07) is 13.0. The molecule has 0 N–H and O–H groups in total. The molecular formula is C15H10Br2. The van der Waals surface area contributed by atoms with Gasteiger partial charge in [-0.25, -0.2) is 0 Å². The lowest BCUT2D eigenvalue weighted by Gasteiger charge is -2.01. The van der Waals surface area contributed by atoms with Crippen LogP contribution in [0, 0.1) is 0 Å². The fourth-order valence-corrected chi connectivity index (χ4v) is 3.13. The van der Waals surface area contributed by atoms with E-state index in [0.29, 0.717) is 0 Å². The maximum Gasteiger partial charge on any atom is 0.0181 e. The van der Waals surface area contributed by atoms with Gasteiger partial charge in [0.25, 0.3) is 0 Å². The molecule has 0 spiro atoms. The van der Waals surface area contributed by atoms with Gasteiger partial charge in [0.1, 0.15) is 0 Å². The van der Waals surface area contributed by atoms with E-state index in [0.717, 1.165) is 8.95 Å². The minimum Gasteiger partial charge on any atom is -0.0791 e. The van der Waals surface area contributed by atoms with E-state index in [1.165, 1.54) is 27.8 Å². The molecule has 0 aromatic heterocycles. The van der Waals surface area contributed by atoms with E-state index in [2.05, 4.69) is 81.3 Å². The molecule has 0 atom stereocenters. The zero-order valence-corrected chi connectivity index (χ0v) is 12.5. The summed E-state index contributed by atoms with van der Waals surface area (Å²) in [5.74, 6) is 0. The van der Waals surface area contributed by atoms with Gasteiger partial charge in [-0.1, -0.05) is 50.1 Å². The van der Waals surface area contributed by atoms with Gasteiger partial charge in [0.05, 0.1) is 0 Å². The molecule has 0 unspecified atom stereocenters. The number of benzene rings is 2. The molecule has 0 saturated carbocycles. The van der Waals surface area contributed by atoms with Gasteiger partial charge in [0.15, 0.2) is 0 Å². The van der Waals surface area contributed by atoms with Crippen molar-refractivity contribution < 1.29 is 0 Å². The quantitative estimate of drug-likeness (QED) is 0.492. The van der Waals surface area contributed by atoms with Crippen molar-refractivity contribution in [3.63, 3.8) is 0 Å². The number of hydrogen-bond donors (Lipinski definition) is 0. The topological polar surface area (TPSA) is 0 Å². The average molecular weight is 350 g/mol. The Labute approximate surface area is 118 Å². The van der Waals surface area contributed by atoms with Crippen LogP contribution in [0.3, 0.4) is 0 Å². The second kappa shape index (κ2) is 4.11. The molecule has 0 aliphatic heterocycles. The van der Waals surface area contributed by atoms with Crippen molar-refractivity contribution in [2.75, 3.05) is 0 Å². The Hall–Kier alpha value is -0.860. The third-order valence-electron chi connectivity index (χ3n) is 3.12. The molecule has 3 rings (SSSR count). The molecule has 0 saturated heterocycles. The van der Waals surface area contributed by atoms with Gasteiger partial charge >= 0.3 is 0 Å². The summed E-state index contributed by atoms with van der Waals surface area (Å²) in [4.78, 5) is 0. The third-order valence-corrected chi connectivity index (χ3v) is 4.11. The highest BCUT2D eigenvalue weighted by atomic mass is 79.9. The SMILES string of the molecule is CC=C1c2cc(Br)ccc2-c2ccc(Br)cc21. The molecule has 0 radical (unpaired) electrons. The maximum absolute atomic E-state index is 3.54. The average Bonchev–Trinajstić information content (AvgIpc) is 2.60. The van der Waals surface area contributed by atoms with Gasteiger partial charge in [-0.05, 0) is 59.0 Å². The first-order chi connectivity index (χ1) is 8.20. The number of hydrogen-bond acceptors (Lipinski definition) is 0. The van der Waals surface area contributed by atoms with E-state index in [4.69, 9.17) is 0 Å². The first kappa shape index (κ1) is 11.2. The zero-order chi connectivity index (χ0) is 12.0. The Morgan fingerprint density at radius 1 is 0.765 bits per heavy atom. The largest absolute Gasteiger partial charge is 0.0791 e. The number of fused-ring (bicyclic) bond motifs is 3. The van der Waals surface area contributed by atoms with Crippen LogP contribution in [-0.2, 0) is 0 Å². The number of rotatable bonds is 0. The molecule has 2 aromatic carbocycles. The smallest absolute Gasteiger partial charge is 0.0181 e. The molecule has 0 fully saturated rings. The predicted octanol–water partition coefficient (Wildman–Crippen LogP) is 5.64. The van der Waals surface area contributed by atoms with Gasteiger partial charge in [0.2, 0.25) is 0 Å². The second-order valence-corrected chi connectivity index (χ2v) is 5.91. The monoisotopic (exact) mass is 348 g/mol. The molecule has 0 heterocycles. The summed E-state index contributed by atoms with van der Waals surface area (Å²) in [6.07, 6.45) is 2.18. The van der Waals surface area contributed by atoms with Crippen molar-refractivity contribution >= 4 is 37.4 Å². The fourth-order valence-electron chi connectivity index (χ4n) is 2.40. The van der Waals surface area contributed by atoms with Crippen LogP contribution in [0.2, 0.25) is 0 Å². The number of allylic oxidation sites excluding steroid dienone is 1. The van der Waals surface area contributed by atoms with E-state index < -0.39 is 0 Å². The van der Waals surface area contributed by atoms with Crippen LogP contribution >= 0.6 is 31.9 Å². The van der Waals surface area contributed by atoms with Crippen LogP contribution < -0.4 is 0 Å². The van der Waals surface area contributed by atoms with Crippen molar-refractivity contribution in [3.8, 4) is 11.1 Å². The van der Waals surface area contributed by atoms with E-state index in [1.54, 1.807) is 0 Å². The summed E-state index contributed by atoms with van der Waals surface area (Å²) in [5, 5.41) is 0. The Kier molecular flexibility index (Phi) is 2.72. The number of halogens is 2. The van der Waals surface area contributed by atoms with Gasteiger partial charge in [-0.15, -0.1) is 0 Å². The highest BCUT2D eigenvalue weighted by Gasteiger charge is 2.22. The Morgan fingerprint density at radius 2 is 1.24 bits per heavy atom. The first-order valence-electron chi connectivity index (χ1n) is 5.47. The summed E-state index contributed by atoms with van der Waals surface area (Å²) >= 11 is 7.09. The summed E-state index contributed by atoms with van der Waals surface area (Å²) in [5.41, 5.74) is 6.59. The molecule has 0 bridgehead atoms. The van der Waals surface area contributed by atoms with E-state index >= 15 is 0 Å². The van der Waals surface area contributed by atoms with E-state index in [9.17, 15) is 0 Å². The third kappa shape index (κ3) is 1.71. The Morgan fingerprint density at radius 3 is 1.65 bits per heavy atom. The molecule has 17 heavy (non-hydrogen) atoms. The standard InChI is InChI=1S/C15H10Br2/c1-2-11-14-7-9(16)3-5-12(14)13-6-4-10(17)8-15(11)13/h2-8H,1H3. The van der Waals surface area contributed by atoms with Crippen LogP contribution in [0.15, 0.2) is 51.4 Å². The van der Waals surface area contributed by atoms with Gasteiger partial charge in [-0.2, -0.15) is 0 Å². The van der Waals surface area contributed by atoms with E-state index in [1.807, 2.05) is 0 Å². The zero-order valence-electron chi connectivity index (χ0n) is 9.30. The summed E-state index contributed by atoms with van der Waals surface area (Å²) in [6.45, 7) is 2.09. The van der Waals surface area contributed by atoms with Crippen molar-refractivity contribution in [2.24, 2.45) is 0 Å². The normalized spacial score (nSPS) is 12.3. The van der Waals surface area contributed by atoms with Crippen LogP contribution in [0.4, 0.5) is 0 Å². The lowest BCUT2D eigenvalue weighted by molar-refractivity contribution is 1.59. The highest BCUT2D eigenvalue weighted by molar-refractivity contribution is 9.10. The van der Waals surface area contributed by atoms with Gasteiger partial charge in [-0.3, -0.25) is 0 Å². The highest BCUT2D eigenvalue weighted by Crippen LogP contribution is 2.45. The van der Waals surface area contributed by atoms with Gasteiger partial charge in [0, 0.05) is 8.95 Å².